The Labute approximate surface area is 159 Å². The standard InChI is InChI=1S/C21H16N2OS2/c1-14-4-10-18-19(13-14)26-21(23-18)15-5-7-16(8-6-15)22-20(24)11-9-17-3-2-12-25-17/h2-13H,1H3,(H,22,24). The third-order valence-electron chi connectivity index (χ3n) is 3.89. The number of carbonyl (C=O) groups excluding carboxylic acids is 1. The highest BCUT2D eigenvalue weighted by Gasteiger charge is 2.07. The summed E-state index contributed by atoms with van der Waals surface area (Å²) < 4.78 is 1.19. The molecule has 2 aromatic carbocycles. The van der Waals surface area contributed by atoms with E-state index in [9.17, 15) is 4.79 Å². The molecule has 4 aromatic rings. The average molecular weight is 377 g/mol. The first-order valence-corrected chi connectivity index (χ1v) is 9.87. The van der Waals surface area contributed by atoms with E-state index in [1.165, 1.54) is 10.3 Å². The quantitative estimate of drug-likeness (QED) is 0.445. The Balaban J connectivity index is 1.48. The highest BCUT2D eigenvalue weighted by atomic mass is 32.1. The molecule has 0 spiro atoms. The van der Waals surface area contributed by atoms with Gasteiger partial charge in [-0.1, -0.05) is 12.1 Å². The Morgan fingerprint density at radius 2 is 1.96 bits per heavy atom. The van der Waals surface area contributed by atoms with E-state index in [2.05, 4.69) is 30.4 Å². The van der Waals surface area contributed by atoms with Crippen molar-refractivity contribution in [3.05, 3.63) is 76.5 Å². The number of nitrogens with zero attached hydrogens (tertiary/aromatic N) is 1. The molecule has 0 atom stereocenters. The number of aryl methyl sites for hydroxylation is 1. The Morgan fingerprint density at radius 3 is 2.73 bits per heavy atom. The molecule has 3 nitrogen and oxygen atoms in total. The summed E-state index contributed by atoms with van der Waals surface area (Å²) in [6.45, 7) is 2.09. The van der Waals surface area contributed by atoms with Gasteiger partial charge in [0.15, 0.2) is 0 Å². The molecule has 26 heavy (non-hydrogen) atoms. The number of amides is 1. The van der Waals surface area contributed by atoms with E-state index >= 15 is 0 Å². The van der Waals surface area contributed by atoms with Crippen LogP contribution in [0.4, 0.5) is 5.69 Å². The lowest BCUT2D eigenvalue weighted by Crippen LogP contribution is -2.07. The summed E-state index contributed by atoms with van der Waals surface area (Å²) in [7, 11) is 0. The van der Waals surface area contributed by atoms with E-state index in [1.807, 2.05) is 47.9 Å². The first-order valence-electron chi connectivity index (χ1n) is 8.17. The maximum Gasteiger partial charge on any atom is 0.248 e. The molecule has 0 radical (unpaired) electrons. The van der Waals surface area contributed by atoms with Crippen molar-refractivity contribution in [2.24, 2.45) is 0 Å². The number of carbonyl (C=O) groups is 1. The van der Waals surface area contributed by atoms with E-state index in [0.717, 1.165) is 26.7 Å². The zero-order valence-electron chi connectivity index (χ0n) is 14.1. The molecular weight excluding hydrogens is 360 g/mol. The molecule has 5 heteroatoms. The lowest BCUT2D eigenvalue weighted by Gasteiger charge is -2.03. The van der Waals surface area contributed by atoms with Gasteiger partial charge >= 0.3 is 0 Å². The third-order valence-corrected chi connectivity index (χ3v) is 5.79. The second-order valence-corrected chi connectivity index (χ2v) is 7.92. The summed E-state index contributed by atoms with van der Waals surface area (Å²) in [6, 6.07) is 18.0. The van der Waals surface area contributed by atoms with Crippen molar-refractivity contribution < 1.29 is 4.79 Å². The van der Waals surface area contributed by atoms with Crippen molar-refractivity contribution in [3.63, 3.8) is 0 Å². The van der Waals surface area contributed by atoms with Crippen LogP contribution < -0.4 is 5.32 Å². The van der Waals surface area contributed by atoms with E-state index in [0.29, 0.717) is 0 Å². The summed E-state index contributed by atoms with van der Waals surface area (Å²) in [5.74, 6) is -0.137. The molecule has 0 aliphatic rings. The molecule has 0 aliphatic carbocycles. The zero-order valence-corrected chi connectivity index (χ0v) is 15.7. The van der Waals surface area contributed by atoms with Gasteiger partial charge in [0.1, 0.15) is 5.01 Å². The smallest absolute Gasteiger partial charge is 0.248 e. The van der Waals surface area contributed by atoms with Gasteiger partial charge in [-0.25, -0.2) is 4.98 Å². The zero-order chi connectivity index (χ0) is 17.9. The fourth-order valence-electron chi connectivity index (χ4n) is 2.58. The second-order valence-electron chi connectivity index (χ2n) is 5.91. The van der Waals surface area contributed by atoms with Crippen molar-refractivity contribution in [1.82, 2.24) is 4.98 Å². The minimum atomic E-state index is -0.137. The van der Waals surface area contributed by atoms with Crippen LogP contribution in [0, 0.1) is 6.92 Å². The third kappa shape index (κ3) is 3.74. The Kier molecular flexibility index (Phi) is 4.65. The molecule has 4 rings (SSSR count). The maximum atomic E-state index is 12.0. The van der Waals surface area contributed by atoms with Crippen LogP contribution in [0.1, 0.15) is 10.4 Å². The van der Waals surface area contributed by atoms with Gasteiger partial charge in [-0.15, -0.1) is 22.7 Å². The summed E-state index contributed by atoms with van der Waals surface area (Å²) in [4.78, 5) is 17.8. The first kappa shape index (κ1) is 16.7. The highest BCUT2D eigenvalue weighted by molar-refractivity contribution is 7.21. The molecule has 0 bridgehead atoms. The van der Waals surface area contributed by atoms with Gasteiger partial charge in [0.05, 0.1) is 10.2 Å². The Morgan fingerprint density at radius 1 is 1.12 bits per heavy atom. The molecule has 1 amide bonds. The van der Waals surface area contributed by atoms with Gasteiger partial charge < -0.3 is 5.32 Å². The maximum absolute atomic E-state index is 12.0. The van der Waals surface area contributed by atoms with E-state index in [-0.39, 0.29) is 5.91 Å². The number of hydrogen-bond acceptors (Lipinski definition) is 4. The van der Waals surface area contributed by atoms with Crippen molar-refractivity contribution in [2.75, 3.05) is 5.32 Å². The number of anilines is 1. The molecule has 0 fully saturated rings. The summed E-state index contributed by atoms with van der Waals surface area (Å²) in [5.41, 5.74) is 4.08. The van der Waals surface area contributed by atoms with Crippen LogP contribution in [0.25, 0.3) is 26.9 Å². The largest absolute Gasteiger partial charge is 0.323 e. The van der Waals surface area contributed by atoms with E-state index in [1.54, 1.807) is 28.7 Å². The fourth-order valence-corrected chi connectivity index (χ4v) is 4.27. The molecule has 0 unspecified atom stereocenters. The molecule has 0 saturated carbocycles. The monoisotopic (exact) mass is 376 g/mol. The van der Waals surface area contributed by atoms with Crippen LogP contribution in [0.3, 0.4) is 0 Å². The lowest BCUT2D eigenvalue weighted by atomic mass is 10.2. The molecule has 128 valence electrons. The average Bonchev–Trinajstić information content (AvgIpc) is 3.29. The molecule has 0 saturated heterocycles. The van der Waals surface area contributed by atoms with Gasteiger partial charge in [-0.3, -0.25) is 4.79 Å². The van der Waals surface area contributed by atoms with Crippen molar-refractivity contribution in [2.45, 2.75) is 6.92 Å². The summed E-state index contributed by atoms with van der Waals surface area (Å²) in [6.07, 6.45) is 3.37. The van der Waals surface area contributed by atoms with Gasteiger partial charge in [-0.2, -0.15) is 0 Å². The molecule has 2 aromatic heterocycles. The molecule has 0 aliphatic heterocycles. The SMILES string of the molecule is Cc1ccc2nc(-c3ccc(NC(=O)C=Cc4cccs4)cc3)sc2c1. The number of rotatable bonds is 4. The molecule has 1 N–H and O–H groups in total. The van der Waals surface area contributed by atoms with Gasteiger partial charge in [-0.05, 0) is 66.4 Å². The van der Waals surface area contributed by atoms with E-state index in [4.69, 9.17) is 4.98 Å². The van der Waals surface area contributed by atoms with Crippen LogP contribution in [0.5, 0.6) is 0 Å². The lowest BCUT2D eigenvalue weighted by molar-refractivity contribution is -0.111. The van der Waals surface area contributed by atoms with Crippen LogP contribution in [-0.4, -0.2) is 10.9 Å². The van der Waals surface area contributed by atoms with Crippen molar-refractivity contribution in [1.29, 1.82) is 0 Å². The Hall–Kier alpha value is -2.76. The fraction of sp³-hybridized carbons (Fsp3) is 0.0476. The predicted molar refractivity (Wildman–Crippen MR) is 112 cm³/mol. The summed E-state index contributed by atoms with van der Waals surface area (Å²) >= 11 is 3.28. The van der Waals surface area contributed by atoms with Crippen LogP contribution in [-0.2, 0) is 4.79 Å². The van der Waals surface area contributed by atoms with Gasteiger partial charge in [0.25, 0.3) is 0 Å². The molecular formula is C21H16N2OS2. The van der Waals surface area contributed by atoms with Crippen LogP contribution in [0.2, 0.25) is 0 Å². The van der Waals surface area contributed by atoms with Crippen LogP contribution in [0.15, 0.2) is 66.1 Å². The number of benzene rings is 2. The normalized spacial score (nSPS) is 11.3. The van der Waals surface area contributed by atoms with E-state index < -0.39 is 0 Å². The minimum absolute atomic E-state index is 0.137. The number of hydrogen-bond donors (Lipinski definition) is 1. The highest BCUT2D eigenvalue weighted by Crippen LogP contribution is 2.31. The van der Waals surface area contributed by atoms with Gasteiger partial charge in [0, 0.05) is 22.2 Å². The number of fused-ring (bicyclic) bond motifs is 1. The Bertz CT molecular complexity index is 1080. The topological polar surface area (TPSA) is 42.0 Å². The predicted octanol–water partition coefficient (Wildman–Crippen LogP) is 5.99. The minimum Gasteiger partial charge on any atom is -0.323 e. The number of thiazole rings is 1. The number of nitrogens with one attached hydrogen (secondary N) is 1. The first-order chi connectivity index (χ1) is 12.7. The molecule has 2 heterocycles. The van der Waals surface area contributed by atoms with Gasteiger partial charge in [0.2, 0.25) is 5.91 Å². The van der Waals surface area contributed by atoms with Crippen molar-refractivity contribution >= 4 is 50.6 Å². The summed E-state index contributed by atoms with van der Waals surface area (Å²) in [5, 5.41) is 5.85. The number of thiophene rings is 1. The number of aromatic nitrogens is 1. The van der Waals surface area contributed by atoms with Crippen LogP contribution >= 0.6 is 22.7 Å². The second kappa shape index (κ2) is 7.23. The van der Waals surface area contributed by atoms with Crippen molar-refractivity contribution in [3.8, 4) is 10.6 Å².